The van der Waals surface area contributed by atoms with E-state index < -0.39 is 32.4 Å². The highest BCUT2D eigenvalue weighted by Gasteiger charge is 2.49. The van der Waals surface area contributed by atoms with Gasteiger partial charge in [-0.15, -0.1) is 0 Å². The largest absolute Gasteiger partial charge is 0.534 e. The maximum Gasteiger partial charge on any atom is 0.534 e. The van der Waals surface area contributed by atoms with Crippen LogP contribution in [0.2, 0.25) is 0 Å². The van der Waals surface area contributed by atoms with Crippen molar-refractivity contribution in [3.63, 3.8) is 0 Å². The maximum atomic E-state index is 12.3. The zero-order valence-corrected chi connectivity index (χ0v) is 12.9. The molecular formula is C12H12ClF3O4S. The average molecular weight is 345 g/mol. The number of halogens is 4. The zero-order valence-electron chi connectivity index (χ0n) is 11.3. The van der Waals surface area contributed by atoms with E-state index in [0.29, 0.717) is 16.9 Å². The van der Waals surface area contributed by atoms with Gasteiger partial charge in [-0.3, -0.25) is 0 Å². The Labute approximate surface area is 124 Å². The Morgan fingerprint density at radius 1 is 1.33 bits per heavy atom. The van der Waals surface area contributed by atoms with Gasteiger partial charge in [-0.2, -0.15) is 21.6 Å². The van der Waals surface area contributed by atoms with E-state index in [1.54, 1.807) is 20.8 Å². The minimum atomic E-state index is -5.71. The van der Waals surface area contributed by atoms with Crippen molar-refractivity contribution in [1.82, 2.24) is 0 Å². The van der Waals surface area contributed by atoms with Crippen molar-refractivity contribution in [2.75, 3.05) is 0 Å². The van der Waals surface area contributed by atoms with Gasteiger partial charge >= 0.3 is 15.6 Å². The molecule has 0 aromatic heterocycles. The van der Waals surface area contributed by atoms with E-state index >= 15 is 0 Å². The van der Waals surface area contributed by atoms with Gasteiger partial charge in [-0.1, -0.05) is 25.4 Å². The summed E-state index contributed by atoms with van der Waals surface area (Å²) in [7, 11) is -5.71. The lowest BCUT2D eigenvalue weighted by molar-refractivity contribution is -0.0500. The Morgan fingerprint density at radius 2 is 1.90 bits per heavy atom. The number of rotatable bonds is 2. The molecule has 2 rings (SSSR count). The Balaban J connectivity index is 2.48. The first-order valence-corrected chi connectivity index (χ1v) is 7.67. The summed E-state index contributed by atoms with van der Waals surface area (Å²) in [6, 6.07) is 2.36. The number of fused-ring (bicyclic) bond motifs is 1. The van der Waals surface area contributed by atoms with Crippen LogP contribution in [0.1, 0.15) is 25.0 Å². The van der Waals surface area contributed by atoms with Gasteiger partial charge in [-0.05, 0) is 24.6 Å². The summed E-state index contributed by atoms with van der Waals surface area (Å²) in [5.41, 5.74) is -5.95. The molecule has 0 radical (unpaired) electrons. The van der Waals surface area contributed by atoms with Gasteiger partial charge in [0.2, 0.25) is 0 Å². The highest BCUT2D eigenvalue weighted by atomic mass is 35.5. The van der Waals surface area contributed by atoms with Gasteiger partial charge in [-0.25, -0.2) is 0 Å². The Kier molecular flexibility index (Phi) is 3.61. The van der Waals surface area contributed by atoms with Crippen LogP contribution in [0.4, 0.5) is 13.2 Å². The van der Waals surface area contributed by atoms with Crippen LogP contribution < -0.4 is 8.92 Å². The van der Waals surface area contributed by atoms with Crippen molar-refractivity contribution in [3.05, 3.63) is 23.3 Å². The quantitative estimate of drug-likeness (QED) is 0.468. The number of hydrogen-bond acceptors (Lipinski definition) is 4. The predicted octanol–water partition coefficient (Wildman–Crippen LogP) is 3.46. The van der Waals surface area contributed by atoms with Gasteiger partial charge in [0.1, 0.15) is 11.5 Å². The Hall–Kier alpha value is -1.15. The molecule has 0 fully saturated rings. The van der Waals surface area contributed by atoms with Crippen molar-refractivity contribution >= 4 is 21.7 Å². The van der Waals surface area contributed by atoms with Crippen molar-refractivity contribution < 1.29 is 30.5 Å². The number of ether oxygens (including phenoxy) is 1. The van der Waals surface area contributed by atoms with Gasteiger partial charge < -0.3 is 8.92 Å². The molecule has 1 unspecified atom stereocenters. The first-order valence-electron chi connectivity index (χ1n) is 5.83. The molecule has 4 nitrogen and oxygen atoms in total. The summed E-state index contributed by atoms with van der Waals surface area (Å²) < 4.78 is 68.7. The van der Waals surface area contributed by atoms with Crippen molar-refractivity contribution in [1.29, 1.82) is 0 Å². The summed E-state index contributed by atoms with van der Waals surface area (Å²) in [5, 5.41) is 0. The third-order valence-electron chi connectivity index (χ3n) is 3.22. The minimum absolute atomic E-state index is 0.425. The highest BCUT2D eigenvalue weighted by molar-refractivity contribution is 7.88. The lowest BCUT2D eigenvalue weighted by Crippen LogP contribution is -2.28. The molecule has 1 atom stereocenters. The fourth-order valence-corrected chi connectivity index (χ4v) is 2.62. The van der Waals surface area contributed by atoms with Crippen LogP contribution in [0, 0.1) is 6.92 Å². The predicted molar refractivity (Wildman–Crippen MR) is 70.1 cm³/mol. The molecule has 0 aliphatic carbocycles. The summed E-state index contributed by atoms with van der Waals surface area (Å²) in [6.45, 7) is 5.03. The van der Waals surface area contributed by atoms with Gasteiger partial charge in [0, 0.05) is 11.0 Å². The van der Waals surface area contributed by atoms with E-state index in [1.165, 1.54) is 6.07 Å². The average Bonchev–Trinajstić information content (AvgIpc) is 2.50. The molecule has 21 heavy (non-hydrogen) atoms. The molecule has 0 spiro atoms. The summed E-state index contributed by atoms with van der Waals surface area (Å²) in [6.07, 6.45) is 0. The third kappa shape index (κ3) is 2.66. The van der Waals surface area contributed by atoms with E-state index in [4.69, 9.17) is 16.3 Å². The minimum Gasteiger partial charge on any atom is -0.473 e. The number of alkyl halides is 4. The van der Waals surface area contributed by atoms with Gasteiger partial charge in [0.05, 0.1) is 0 Å². The molecular weight excluding hydrogens is 333 g/mol. The zero-order chi connectivity index (χ0) is 16.2. The second-order valence-electron chi connectivity index (χ2n) is 5.26. The second kappa shape index (κ2) is 4.67. The molecule has 0 bridgehead atoms. The molecule has 1 aromatic rings. The summed E-state index contributed by atoms with van der Waals surface area (Å²) in [5.74, 6) is 0.00257. The fourth-order valence-electron chi connectivity index (χ4n) is 1.97. The van der Waals surface area contributed by atoms with Gasteiger partial charge in [0.15, 0.2) is 5.56 Å². The molecule has 0 amide bonds. The smallest absolute Gasteiger partial charge is 0.473 e. The normalized spacial score (nSPS) is 20.8. The van der Waals surface area contributed by atoms with Crippen LogP contribution >= 0.6 is 11.6 Å². The lowest BCUT2D eigenvalue weighted by atomic mass is 9.86. The Bertz CT molecular complexity index is 682. The van der Waals surface area contributed by atoms with Crippen molar-refractivity contribution in [2.24, 2.45) is 0 Å². The summed E-state index contributed by atoms with van der Waals surface area (Å²) in [4.78, 5) is 0. The molecule has 1 aromatic carbocycles. The Morgan fingerprint density at radius 3 is 2.43 bits per heavy atom. The van der Waals surface area contributed by atoms with E-state index in [9.17, 15) is 21.6 Å². The lowest BCUT2D eigenvalue weighted by Gasteiger charge is -2.20. The first kappa shape index (κ1) is 16.2. The van der Waals surface area contributed by atoms with Crippen LogP contribution in [0.3, 0.4) is 0 Å². The number of hydrogen-bond donors (Lipinski definition) is 0. The van der Waals surface area contributed by atoms with Crippen LogP contribution in [0.5, 0.6) is 11.5 Å². The molecule has 1 heterocycles. The first-order chi connectivity index (χ1) is 9.36. The van der Waals surface area contributed by atoms with Crippen LogP contribution in [-0.2, 0) is 15.5 Å². The van der Waals surface area contributed by atoms with Crippen molar-refractivity contribution in [2.45, 2.75) is 37.3 Å². The topological polar surface area (TPSA) is 52.6 Å². The van der Waals surface area contributed by atoms with Crippen LogP contribution in [-0.4, -0.2) is 19.5 Å². The molecule has 0 saturated carbocycles. The van der Waals surface area contributed by atoms with E-state index in [0.717, 1.165) is 6.07 Å². The highest BCUT2D eigenvalue weighted by Crippen LogP contribution is 2.47. The van der Waals surface area contributed by atoms with Crippen molar-refractivity contribution in [3.8, 4) is 11.5 Å². The molecule has 1 aliphatic rings. The van der Waals surface area contributed by atoms with Crippen LogP contribution in [0.15, 0.2) is 12.1 Å². The maximum absolute atomic E-state index is 12.3. The monoisotopic (exact) mass is 344 g/mol. The van der Waals surface area contributed by atoms with E-state index in [1.807, 2.05) is 0 Å². The molecule has 0 saturated heterocycles. The van der Waals surface area contributed by atoms with Gasteiger partial charge in [0.25, 0.3) is 0 Å². The fraction of sp³-hybridized carbons (Fsp3) is 0.500. The third-order valence-corrected chi connectivity index (χ3v) is 4.83. The molecule has 118 valence electrons. The molecule has 1 aliphatic heterocycles. The molecule has 0 N–H and O–H groups in total. The number of aryl methyl sites for hydroxylation is 1. The number of benzene rings is 1. The summed E-state index contributed by atoms with van der Waals surface area (Å²) >= 11 is 6.04. The molecule has 9 heteroatoms. The van der Waals surface area contributed by atoms with Crippen LogP contribution in [0.25, 0.3) is 0 Å². The SMILES string of the molecule is Cc1cc(OS(=O)(=O)C(F)(F)F)cc2c1OC(Cl)C2(C)C. The van der Waals surface area contributed by atoms with E-state index in [2.05, 4.69) is 4.18 Å². The van der Waals surface area contributed by atoms with E-state index in [-0.39, 0.29) is 0 Å². The second-order valence-corrected chi connectivity index (χ2v) is 7.19. The standard InChI is InChI=1S/C12H12ClF3O4S/c1-6-4-7(20-21(17,18)12(14,15)16)5-8-9(6)19-10(13)11(8,2)3/h4-5,10H,1-3H3.